The molecule has 2 aromatic rings. The highest BCUT2D eigenvalue weighted by molar-refractivity contribution is 5.90. The molecule has 0 unspecified atom stereocenters. The molecule has 3 heterocycles. The lowest BCUT2D eigenvalue weighted by Crippen LogP contribution is -2.35. The summed E-state index contributed by atoms with van der Waals surface area (Å²) in [5.41, 5.74) is 3.28. The molecule has 2 aromatic heterocycles. The van der Waals surface area contributed by atoms with Gasteiger partial charge in [-0.15, -0.1) is 0 Å². The third kappa shape index (κ3) is 4.16. The molecule has 0 radical (unpaired) electrons. The summed E-state index contributed by atoms with van der Waals surface area (Å²) in [6.45, 7) is 4.97. The van der Waals surface area contributed by atoms with Crippen molar-refractivity contribution in [3.63, 3.8) is 0 Å². The molecule has 0 aromatic carbocycles. The van der Waals surface area contributed by atoms with Gasteiger partial charge in [0.05, 0.1) is 18.1 Å². The van der Waals surface area contributed by atoms with Crippen molar-refractivity contribution in [3.05, 3.63) is 42.0 Å². The normalized spacial score (nSPS) is 16.4. The number of hydrogen-bond acceptors (Lipinski definition) is 4. The summed E-state index contributed by atoms with van der Waals surface area (Å²) in [5.74, 6) is 0.613. The number of amides is 1. The van der Waals surface area contributed by atoms with Crippen LogP contribution in [-0.4, -0.2) is 45.6 Å². The molecular formula is C17H23N5O. The van der Waals surface area contributed by atoms with Crippen LogP contribution in [0, 0.1) is 6.92 Å². The van der Waals surface area contributed by atoms with Crippen LogP contribution in [-0.2, 0) is 4.79 Å². The van der Waals surface area contributed by atoms with Gasteiger partial charge in [-0.05, 0) is 50.6 Å². The summed E-state index contributed by atoms with van der Waals surface area (Å²) >= 11 is 0. The molecule has 1 fully saturated rings. The molecule has 122 valence electrons. The Labute approximate surface area is 136 Å². The Morgan fingerprint density at radius 3 is 2.87 bits per heavy atom. The van der Waals surface area contributed by atoms with Crippen LogP contribution >= 0.6 is 0 Å². The van der Waals surface area contributed by atoms with Crippen LogP contribution < -0.4 is 5.32 Å². The number of nitrogens with zero attached hydrogens (tertiary/aromatic N) is 3. The highest BCUT2D eigenvalue weighted by Gasteiger charge is 2.23. The highest BCUT2D eigenvalue weighted by Crippen LogP contribution is 2.28. The van der Waals surface area contributed by atoms with E-state index in [2.05, 4.69) is 32.3 Å². The Morgan fingerprint density at radius 1 is 1.39 bits per heavy atom. The Kier molecular flexibility index (Phi) is 5.02. The van der Waals surface area contributed by atoms with E-state index in [1.807, 2.05) is 18.3 Å². The van der Waals surface area contributed by atoms with E-state index in [1.165, 1.54) is 11.3 Å². The monoisotopic (exact) mass is 313 g/mol. The summed E-state index contributed by atoms with van der Waals surface area (Å²) in [5, 5.41) is 10.1. The van der Waals surface area contributed by atoms with E-state index in [-0.39, 0.29) is 5.91 Å². The van der Waals surface area contributed by atoms with Crippen LogP contribution in [0.3, 0.4) is 0 Å². The minimum atomic E-state index is 0.0459. The van der Waals surface area contributed by atoms with Gasteiger partial charge >= 0.3 is 0 Å². The average molecular weight is 313 g/mol. The first-order valence-electron chi connectivity index (χ1n) is 8.14. The van der Waals surface area contributed by atoms with Crippen LogP contribution in [0.25, 0.3) is 0 Å². The number of aromatic nitrogens is 3. The van der Waals surface area contributed by atoms with Crippen LogP contribution in [0.5, 0.6) is 0 Å². The lowest BCUT2D eigenvalue weighted by molar-refractivity contribution is -0.116. The Bertz CT molecular complexity index is 631. The molecule has 0 spiro atoms. The van der Waals surface area contributed by atoms with E-state index in [0.717, 1.165) is 38.2 Å². The van der Waals surface area contributed by atoms with E-state index in [4.69, 9.17) is 0 Å². The highest BCUT2D eigenvalue weighted by atomic mass is 16.1. The second kappa shape index (κ2) is 7.37. The molecule has 3 rings (SSSR count). The maximum absolute atomic E-state index is 12.0. The van der Waals surface area contributed by atoms with Gasteiger partial charge in [-0.2, -0.15) is 5.10 Å². The molecular weight excluding hydrogens is 290 g/mol. The van der Waals surface area contributed by atoms with Crippen molar-refractivity contribution in [1.82, 2.24) is 20.1 Å². The number of pyridine rings is 1. The second-order valence-corrected chi connectivity index (χ2v) is 6.12. The van der Waals surface area contributed by atoms with Gasteiger partial charge in [0, 0.05) is 30.8 Å². The predicted octanol–water partition coefficient (Wildman–Crippen LogP) is 2.32. The molecule has 2 N–H and O–H groups in total. The number of likely N-dealkylation sites (tertiary alicyclic amines) is 1. The molecule has 1 amide bonds. The minimum absolute atomic E-state index is 0.0459. The smallest absolute Gasteiger partial charge is 0.225 e. The van der Waals surface area contributed by atoms with E-state index in [0.29, 0.717) is 12.3 Å². The van der Waals surface area contributed by atoms with Crippen molar-refractivity contribution in [2.24, 2.45) is 0 Å². The standard InChI is InChI=1S/C17H23N5O/c1-13-11-19-21-17(13)14-4-8-22(9-5-14)10-6-16(23)20-15-3-2-7-18-12-15/h2-3,7,11-12,14H,4-6,8-10H2,1H3,(H,19,21)(H,20,23). The van der Waals surface area contributed by atoms with Gasteiger partial charge in [0.25, 0.3) is 0 Å². The van der Waals surface area contributed by atoms with Crippen molar-refractivity contribution in [3.8, 4) is 0 Å². The van der Waals surface area contributed by atoms with E-state index in [1.54, 1.807) is 12.4 Å². The van der Waals surface area contributed by atoms with Crippen molar-refractivity contribution in [1.29, 1.82) is 0 Å². The van der Waals surface area contributed by atoms with Crippen LogP contribution in [0.4, 0.5) is 5.69 Å². The lowest BCUT2D eigenvalue weighted by Gasteiger charge is -2.31. The fraction of sp³-hybridized carbons (Fsp3) is 0.471. The first-order valence-corrected chi connectivity index (χ1v) is 8.14. The number of aryl methyl sites for hydroxylation is 1. The van der Waals surface area contributed by atoms with Gasteiger partial charge in [0.2, 0.25) is 5.91 Å². The van der Waals surface area contributed by atoms with E-state index >= 15 is 0 Å². The largest absolute Gasteiger partial charge is 0.325 e. The zero-order valence-corrected chi connectivity index (χ0v) is 13.5. The molecule has 6 heteroatoms. The molecule has 1 saturated heterocycles. The zero-order valence-electron chi connectivity index (χ0n) is 13.5. The molecule has 1 aliphatic rings. The number of aromatic amines is 1. The first-order chi connectivity index (χ1) is 11.2. The molecule has 23 heavy (non-hydrogen) atoms. The molecule has 1 aliphatic heterocycles. The van der Waals surface area contributed by atoms with Gasteiger partial charge < -0.3 is 10.2 Å². The van der Waals surface area contributed by atoms with Gasteiger partial charge in [-0.1, -0.05) is 0 Å². The summed E-state index contributed by atoms with van der Waals surface area (Å²) in [4.78, 5) is 18.3. The molecule has 0 bridgehead atoms. The summed E-state index contributed by atoms with van der Waals surface area (Å²) in [6, 6.07) is 3.67. The third-order valence-corrected chi connectivity index (χ3v) is 4.46. The van der Waals surface area contributed by atoms with Crippen molar-refractivity contribution < 1.29 is 4.79 Å². The minimum Gasteiger partial charge on any atom is -0.325 e. The van der Waals surface area contributed by atoms with Gasteiger partial charge in [-0.25, -0.2) is 0 Å². The Balaban J connectivity index is 1.41. The SMILES string of the molecule is Cc1cn[nH]c1C1CCN(CCC(=O)Nc2cccnc2)CC1. The topological polar surface area (TPSA) is 73.9 Å². The van der Waals surface area contributed by atoms with Gasteiger partial charge in [0.15, 0.2) is 0 Å². The number of nitrogens with one attached hydrogen (secondary N) is 2. The molecule has 0 atom stereocenters. The van der Waals surface area contributed by atoms with Crippen molar-refractivity contribution in [2.45, 2.75) is 32.1 Å². The van der Waals surface area contributed by atoms with Crippen molar-refractivity contribution >= 4 is 11.6 Å². The fourth-order valence-corrected chi connectivity index (χ4v) is 3.13. The number of carbonyl (C=O) groups is 1. The second-order valence-electron chi connectivity index (χ2n) is 6.12. The quantitative estimate of drug-likeness (QED) is 0.888. The van der Waals surface area contributed by atoms with E-state index in [9.17, 15) is 4.79 Å². The fourth-order valence-electron chi connectivity index (χ4n) is 3.13. The lowest BCUT2D eigenvalue weighted by atomic mass is 9.91. The maximum Gasteiger partial charge on any atom is 0.225 e. The van der Waals surface area contributed by atoms with Crippen LogP contribution in [0.1, 0.15) is 36.4 Å². The van der Waals surface area contributed by atoms with Crippen LogP contribution in [0.2, 0.25) is 0 Å². The number of hydrogen-bond donors (Lipinski definition) is 2. The number of piperidine rings is 1. The molecule has 0 saturated carbocycles. The van der Waals surface area contributed by atoms with Gasteiger partial charge in [-0.3, -0.25) is 14.9 Å². The number of H-pyrrole nitrogens is 1. The van der Waals surface area contributed by atoms with Crippen molar-refractivity contribution in [2.75, 3.05) is 25.0 Å². The maximum atomic E-state index is 12.0. The third-order valence-electron chi connectivity index (χ3n) is 4.46. The van der Waals surface area contributed by atoms with Crippen LogP contribution in [0.15, 0.2) is 30.7 Å². The first kappa shape index (κ1) is 15.7. The Morgan fingerprint density at radius 2 is 2.22 bits per heavy atom. The van der Waals surface area contributed by atoms with E-state index < -0.39 is 0 Å². The summed E-state index contributed by atoms with van der Waals surface area (Å²) in [7, 11) is 0. The summed E-state index contributed by atoms with van der Waals surface area (Å²) in [6.07, 6.45) is 8.00. The van der Waals surface area contributed by atoms with Gasteiger partial charge in [0.1, 0.15) is 0 Å². The molecule has 0 aliphatic carbocycles. The number of carbonyl (C=O) groups excluding carboxylic acids is 1. The average Bonchev–Trinajstić information content (AvgIpc) is 3.00. The molecule has 6 nitrogen and oxygen atoms in total. The predicted molar refractivity (Wildman–Crippen MR) is 89.2 cm³/mol. The number of rotatable bonds is 5. The summed E-state index contributed by atoms with van der Waals surface area (Å²) < 4.78 is 0. The number of anilines is 1. The Hall–Kier alpha value is -2.21. The zero-order chi connectivity index (χ0) is 16.1.